The van der Waals surface area contributed by atoms with E-state index < -0.39 is 5.82 Å². The third-order valence-corrected chi connectivity index (χ3v) is 6.38. The van der Waals surface area contributed by atoms with Crippen LogP contribution in [-0.4, -0.2) is 57.0 Å². The number of nitrogens with one attached hydrogen (secondary N) is 1. The minimum Gasteiger partial charge on any atom is -0.506 e. The molecule has 1 fully saturated rings. The van der Waals surface area contributed by atoms with E-state index in [1.54, 1.807) is 34.7 Å². The lowest BCUT2D eigenvalue weighted by Gasteiger charge is -2.36. The second kappa shape index (κ2) is 8.04. The molecule has 1 amide bonds. The zero-order valence-corrected chi connectivity index (χ0v) is 17.6. The van der Waals surface area contributed by atoms with Crippen molar-refractivity contribution in [3.63, 3.8) is 0 Å². The predicted octanol–water partition coefficient (Wildman–Crippen LogP) is 2.85. The number of H-pyrrole nitrogens is 1. The molecule has 0 aliphatic carbocycles. The third-order valence-electron chi connectivity index (χ3n) is 5.41. The van der Waals surface area contributed by atoms with Gasteiger partial charge in [-0.15, -0.1) is 11.3 Å². The molecule has 1 aliphatic rings. The average Bonchev–Trinajstić information content (AvgIpc) is 3.24. The molecule has 5 rings (SSSR count). The molecule has 2 N–H and O–H groups in total. The SMILES string of the molecule is O=C(c1csc2c(=O)[nH]c(-c3ccccn3)nc12)N1CCN(c2ccc(F)cc2O)CC1. The lowest BCUT2D eigenvalue weighted by molar-refractivity contribution is 0.0749. The first-order valence-corrected chi connectivity index (χ1v) is 10.8. The lowest BCUT2D eigenvalue weighted by atomic mass is 10.2. The maximum atomic E-state index is 13.3. The van der Waals surface area contributed by atoms with Gasteiger partial charge in [0.15, 0.2) is 5.82 Å². The fourth-order valence-electron chi connectivity index (χ4n) is 3.79. The Kier molecular flexibility index (Phi) is 5.06. The van der Waals surface area contributed by atoms with Crippen molar-refractivity contribution in [1.82, 2.24) is 19.9 Å². The van der Waals surface area contributed by atoms with Gasteiger partial charge in [-0.1, -0.05) is 6.07 Å². The predicted molar refractivity (Wildman–Crippen MR) is 120 cm³/mol. The molecule has 0 radical (unpaired) electrons. The molecule has 8 nitrogen and oxygen atoms in total. The standard InChI is InChI=1S/C22H18FN5O3S/c23-13-4-5-16(17(29)11-13)27-7-9-28(10-8-27)22(31)14-12-32-19-18(14)25-20(26-21(19)30)15-3-1-2-6-24-15/h1-6,11-12,29H,7-10H2,(H,25,26,30). The highest BCUT2D eigenvalue weighted by molar-refractivity contribution is 7.17. The lowest BCUT2D eigenvalue weighted by Crippen LogP contribution is -2.48. The summed E-state index contributed by atoms with van der Waals surface area (Å²) in [4.78, 5) is 40.9. The first-order chi connectivity index (χ1) is 15.5. The number of carbonyl (C=O) groups is 1. The van der Waals surface area contributed by atoms with Crippen LogP contribution >= 0.6 is 11.3 Å². The molecular weight excluding hydrogens is 433 g/mol. The quantitative estimate of drug-likeness (QED) is 0.497. The summed E-state index contributed by atoms with van der Waals surface area (Å²) in [6, 6.07) is 9.21. The molecule has 0 bridgehead atoms. The summed E-state index contributed by atoms with van der Waals surface area (Å²) in [7, 11) is 0. The highest BCUT2D eigenvalue weighted by Gasteiger charge is 2.26. The van der Waals surface area contributed by atoms with Crippen molar-refractivity contribution in [3.05, 3.63) is 69.7 Å². The number of aromatic hydroxyl groups is 1. The molecule has 1 aromatic carbocycles. The van der Waals surface area contributed by atoms with Crippen LogP contribution < -0.4 is 10.5 Å². The fourth-order valence-corrected chi connectivity index (χ4v) is 4.66. The van der Waals surface area contributed by atoms with Gasteiger partial charge in [-0.25, -0.2) is 9.37 Å². The maximum Gasteiger partial charge on any atom is 0.269 e. The van der Waals surface area contributed by atoms with Gasteiger partial charge >= 0.3 is 0 Å². The Morgan fingerprint density at radius 1 is 1.16 bits per heavy atom. The Bertz CT molecular complexity index is 1360. The number of thiophene rings is 1. The number of aromatic amines is 1. The topological polar surface area (TPSA) is 102 Å². The van der Waals surface area contributed by atoms with E-state index in [9.17, 15) is 19.1 Å². The van der Waals surface area contributed by atoms with Crippen LogP contribution in [0.5, 0.6) is 5.75 Å². The van der Waals surface area contributed by atoms with Crippen LogP contribution in [-0.2, 0) is 0 Å². The van der Waals surface area contributed by atoms with E-state index in [4.69, 9.17) is 0 Å². The Balaban J connectivity index is 1.40. The van der Waals surface area contributed by atoms with Crippen molar-refractivity contribution in [2.24, 2.45) is 0 Å². The average molecular weight is 451 g/mol. The molecule has 162 valence electrons. The molecule has 4 heterocycles. The number of phenolic OH excluding ortho intramolecular Hbond substituents is 1. The van der Waals surface area contributed by atoms with E-state index in [2.05, 4.69) is 15.0 Å². The smallest absolute Gasteiger partial charge is 0.269 e. The number of piperazine rings is 1. The second-order valence-electron chi connectivity index (χ2n) is 7.37. The number of rotatable bonds is 3. The number of amides is 1. The van der Waals surface area contributed by atoms with Gasteiger partial charge in [-0.2, -0.15) is 0 Å². The number of halogens is 1. The molecule has 1 saturated heterocycles. The first kappa shape index (κ1) is 20.1. The summed E-state index contributed by atoms with van der Waals surface area (Å²) >= 11 is 1.18. The number of fused-ring (bicyclic) bond motifs is 1. The molecule has 1 aliphatic heterocycles. The molecule has 0 unspecified atom stereocenters. The molecular formula is C22H18FN5O3S. The van der Waals surface area contributed by atoms with Crippen LogP contribution in [0.1, 0.15) is 10.4 Å². The molecule has 32 heavy (non-hydrogen) atoms. The number of pyridine rings is 1. The third kappa shape index (κ3) is 3.58. The van der Waals surface area contributed by atoms with E-state index in [1.165, 1.54) is 23.5 Å². The summed E-state index contributed by atoms with van der Waals surface area (Å²) in [5, 5.41) is 11.7. The Morgan fingerprint density at radius 2 is 1.97 bits per heavy atom. The van der Waals surface area contributed by atoms with Crippen molar-refractivity contribution in [3.8, 4) is 17.3 Å². The summed E-state index contributed by atoms with van der Waals surface area (Å²) < 4.78 is 13.7. The van der Waals surface area contributed by atoms with Gasteiger partial charge in [0.25, 0.3) is 11.5 Å². The van der Waals surface area contributed by atoms with Gasteiger partial charge in [-0.3, -0.25) is 14.6 Å². The molecule has 0 spiro atoms. The second-order valence-corrected chi connectivity index (χ2v) is 8.25. The van der Waals surface area contributed by atoms with E-state index in [-0.39, 0.29) is 17.2 Å². The van der Waals surface area contributed by atoms with Crippen LogP contribution in [0.3, 0.4) is 0 Å². The van der Waals surface area contributed by atoms with Gasteiger partial charge in [0.1, 0.15) is 27.5 Å². The summed E-state index contributed by atoms with van der Waals surface area (Å²) in [5.41, 5.74) is 1.49. The number of anilines is 1. The van der Waals surface area contributed by atoms with Gasteiger partial charge in [0.2, 0.25) is 0 Å². The zero-order chi connectivity index (χ0) is 22.2. The van der Waals surface area contributed by atoms with Crippen molar-refractivity contribution in [1.29, 1.82) is 0 Å². The molecule has 0 atom stereocenters. The van der Waals surface area contributed by atoms with E-state index in [0.717, 1.165) is 6.07 Å². The monoisotopic (exact) mass is 451 g/mol. The summed E-state index contributed by atoms with van der Waals surface area (Å²) in [6.45, 7) is 1.81. The number of benzene rings is 1. The largest absolute Gasteiger partial charge is 0.506 e. The number of phenols is 1. The maximum absolute atomic E-state index is 13.3. The molecule has 4 aromatic rings. The zero-order valence-electron chi connectivity index (χ0n) is 16.8. The Morgan fingerprint density at radius 3 is 2.69 bits per heavy atom. The number of hydrogen-bond acceptors (Lipinski definition) is 7. The van der Waals surface area contributed by atoms with Crippen molar-refractivity contribution >= 4 is 33.1 Å². The van der Waals surface area contributed by atoms with Gasteiger partial charge in [0.05, 0.1) is 11.3 Å². The van der Waals surface area contributed by atoms with Crippen LogP contribution in [0, 0.1) is 5.82 Å². The summed E-state index contributed by atoms with van der Waals surface area (Å²) in [5.74, 6) is -0.521. The molecule has 10 heteroatoms. The minimum atomic E-state index is -0.503. The minimum absolute atomic E-state index is 0.126. The van der Waals surface area contributed by atoms with Crippen molar-refractivity contribution in [2.75, 3.05) is 31.1 Å². The molecule has 0 saturated carbocycles. The van der Waals surface area contributed by atoms with Crippen molar-refractivity contribution in [2.45, 2.75) is 0 Å². The Hall–Kier alpha value is -3.79. The van der Waals surface area contributed by atoms with Gasteiger partial charge in [-0.05, 0) is 24.3 Å². The van der Waals surface area contributed by atoms with E-state index in [1.807, 2.05) is 4.90 Å². The normalized spacial score (nSPS) is 14.2. The number of hydrogen-bond donors (Lipinski definition) is 2. The molecule has 3 aromatic heterocycles. The van der Waals surface area contributed by atoms with Crippen molar-refractivity contribution < 1.29 is 14.3 Å². The Labute approximate surface area is 185 Å². The number of aromatic nitrogens is 3. The van der Waals surface area contributed by atoms with E-state index >= 15 is 0 Å². The van der Waals surface area contributed by atoms with Crippen LogP contribution in [0.2, 0.25) is 0 Å². The van der Waals surface area contributed by atoms with E-state index in [0.29, 0.717) is 59.2 Å². The first-order valence-electron chi connectivity index (χ1n) is 9.97. The van der Waals surface area contributed by atoms with Crippen LogP contribution in [0.25, 0.3) is 21.7 Å². The number of nitrogens with zero attached hydrogens (tertiary/aromatic N) is 4. The van der Waals surface area contributed by atoms with Gasteiger partial charge < -0.3 is 19.9 Å². The highest BCUT2D eigenvalue weighted by Crippen LogP contribution is 2.29. The fraction of sp³-hybridized carbons (Fsp3) is 0.182. The summed E-state index contributed by atoms with van der Waals surface area (Å²) in [6.07, 6.45) is 1.61. The van der Waals surface area contributed by atoms with Crippen LogP contribution in [0.15, 0.2) is 52.8 Å². The van der Waals surface area contributed by atoms with Crippen LogP contribution in [0.4, 0.5) is 10.1 Å². The highest BCUT2D eigenvalue weighted by atomic mass is 32.1. The van der Waals surface area contributed by atoms with Gasteiger partial charge in [0, 0.05) is 43.8 Å². The number of carbonyl (C=O) groups excluding carboxylic acids is 1.